The molecule has 4 nitrogen and oxygen atoms in total. The molecular formula is C10H12BrNO3S. The fourth-order valence-corrected chi connectivity index (χ4v) is 3.83. The molecule has 6 heteroatoms. The summed E-state index contributed by atoms with van der Waals surface area (Å²) in [7, 11) is -3.45. The van der Waals surface area contributed by atoms with Crippen LogP contribution in [0.4, 0.5) is 0 Å². The summed E-state index contributed by atoms with van der Waals surface area (Å²) in [6.07, 6.45) is 0.726. The van der Waals surface area contributed by atoms with Crippen molar-refractivity contribution in [2.24, 2.45) is 0 Å². The van der Waals surface area contributed by atoms with E-state index in [0.717, 1.165) is 6.42 Å². The van der Waals surface area contributed by atoms with Gasteiger partial charge in [0, 0.05) is 17.1 Å². The van der Waals surface area contributed by atoms with Crippen LogP contribution in [0.5, 0.6) is 0 Å². The minimum Gasteiger partial charge on any atom is -0.380 e. The predicted octanol–water partition coefficient (Wildman–Crippen LogP) is 1.52. The molecule has 1 N–H and O–H groups in total. The Morgan fingerprint density at radius 1 is 1.38 bits per heavy atom. The number of hydrogen-bond acceptors (Lipinski definition) is 3. The van der Waals surface area contributed by atoms with Crippen LogP contribution >= 0.6 is 15.9 Å². The SMILES string of the molecule is O=S(=O)(NC1CCOC1)c1ccccc1Br. The molecule has 0 bridgehead atoms. The van der Waals surface area contributed by atoms with Crippen molar-refractivity contribution in [1.29, 1.82) is 0 Å². The Labute approximate surface area is 103 Å². The van der Waals surface area contributed by atoms with Gasteiger partial charge in [0.25, 0.3) is 0 Å². The Bertz CT molecular complexity index is 469. The molecule has 1 fully saturated rings. The fraction of sp³-hybridized carbons (Fsp3) is 0.400. The minimum absolute atomic E-state index is 0.114. The van der Waals surface area contributed by atoms with Crippen molar-refractivity contribution in [3.63, 3.8) is 0 Å². The number of hydrogen-bond donors (Lipinski definition) is 1. The number of ether oxygens (including phenoxy) is 1. The first-order valence-corrected chi connectivity index (χ1v) is 7.22. The standard InChI is InChI=1S/C10H12BrNO3S/c11-9-3-1-2-4-10(9)16(13,14)12-8-5-6-15-7-8/h1-4,8,12H,5-7H2. The Balaban J connectivity index is 2.21. The molecular weight excluding hydrogens is 294 g/mol. The molecule has 0 spiro atoms. The Morgan fingerprint density at radius 3 is 2.75 bits per heavy atom. The van der Waals surface area contributed by atoms with Crippen LogP contribution in [0.15, 0.2) is 33.6 Å². The van der Waals surface area contributed by atoms with Crippen LogP contribution in [0, 0.1) is 0 Å². The van der Waals surface area contributed by atoms with Crippen LogP contribution in [0.2, 0.25) is 0 Å². The molecule has 1 aromatic carbocycles. The van der Waals surface area contributed by atoms with Crippen molar-refractivity contribution in [1.82, 2.24) is 4.72 Å². The van der Waals surface area contributed by atoms with E-state index >= 15 is 0 Å². The minimum atomic E-state index is -3.45. The van der Waals surface area contributed by atoms with Gasteiger partial charge in [-0.3, -0.25) is 0 Å². The maximum atomic E-state index is 12.0. The first-order chi connectivity index (χ1) is 7.59. The maximum Gasteiger partial charge on any atom is 0.242 e. The van der Waals surface area contributed by atoms with Gasteiger partial charge in [0.15, 0.2) is 0 Å². The Kier molecular flexibility index (Phi) is 3.63. The van der Waals surface area contributed by atoms with E-state index in [9.17, 15) is 8.42 Å². The number of sulfonamides is 1. The smallest absolute Gasteiger partial charge is 0.242 e. The zero-order valence-electron chi connectivity index (χ0n) is 8.52. The highest BCUT2D eigenvalue weighted by atomic mass is 79.9. The Morgan fingerprint density at radius 2 is 2.12 bits per heavy atom. The van der Waals surface area contributed by atoms with Crippen molar-refractivity contribution < 1.29 is 13.2 Å². The fourth-order valence-electron chi connectivity index (χ4n) is 1.57. The summed E-state index contributed by atoms with van der Waals surface area (Å²) in [5.41, 5.74) is 0. The van der Waals surface area contributed by atoms with Gasteiger partial charge >= 0.3 is 0 Å². The van der Waals surface area contributed by atoms with Crippen molar-refractivity contribution in [3.8, 4) is 0 Å². The molecule has 0 radical (unpaired) electrons. The largest absolute Gasteiger partial charge is 0.380 e. The van der Waals surface area contributed by atoms with Crippen LogP contribution in [-0.4, -0.2) is 27.7 Å². The summed E-state index contributed by atoms with van der Waals surface area (Å²) in [6.45, 7) is 1.06. The summed E-state index contributed by atoms with van der Waals surface area (Å²) < 4.78 is 32.4. The van der Waals surface area contributed by atoms with Crippen molar-refractivity contribution in [3.05, 3.63) is 28.7 Å². The van der Waals surface area contributed by atoms with E-state index in [-0.39, 0.29) is 10.9 Å². The zero-order valence-corrected chi connectivity index (χ0v) is 10.9. The molecule has 1 saturated heterocycles. The average Bonchev–Trinajstić information content (AvgIpc) is 2.70. The Hall–Kier alpha value is -0.430. The molecule has 2 rings (SSSR count). The molecule has 0 aromatic heterocycles. The van der Waals surface area contributed by atoms with Gasteiger partial charge in [-0.15, -0.1) is 0 Å². The van der Waals surface area contributed by atoms with Crippen LogP contribution in [0.3, 0.4) is 0 Å². The quantitative estimate of drug-likeness (QED) is 0.921. The second kappa shape index (κ2) is 4.83. The lowest BCUT2D eigenvalue weighted by molar-refractivity contribution is 0.192. The average molecular weight is 306 g/mol. The lowest BCUT2D eigenvalue weighted by atomic mass is 10.3. The van der Waals surface area contributed by atoms with Crippen LogP contribution in [0.25, 0.3) is 0 Å². The lowest BCUT2D eigenvalue weighted by Crippen LogP contribution is -2.35. The van der Waals surface area contributed by atoms with Gasteiger partial charge in [-0.25, -0.2) is 13.1 Å². The molecule has 1 aromatic rings. The second-order valence-corrected chi connectivity index (χ2v) is 6.15. The molecule has 0 saturated carbocycles. The van der Waals surface area contributed by atoms with Crippen molar-refractivity contribution in [2.75, 3.05) is 13.2 Å². The highest BCUT2D eigenvalue weighted by Gasteiger charge is 2.24. The lowest BCUT2D eigenvalue weighted by Gasteiger charge is -2.12. The van der Waals surface area contributed by atoms with Gasteiger partial charge in [0.05, 0.1) is 11.5 Å². The monoisotopic (exact) mass is 305 g/mol. The predicted molar refractivity (Wildman–Crippen MR) is 63.7 cm³/mol. The first kappa shape index (κ1) is 12.0. The first-order valence-electron chi connectivity index (χ1n) is 4.94. The third-order valence-corrected chi connectivity index (χ3v) is 4.91. The van der Waals surface area contributed by atoms with E-state index in [1.54, 1.807) is 24.3 Å². The highest BCUT2D eigenvalue weighted by Crippen LogP contribution is 2.21. The summed E-state index contributed by atoms with van der Waals surface area (Å²) in [4.78, 5) is 0.266. The van der Waals surface area contributed by atoms with Gasteiger partial charge in [-0.2, -0.15) is 0 Å². The molecule has 0 aliphatic carbocycles. The molecule has 1 unspecified atom stereocenters. The van der Waals surface area contributed by atoms with Crippen LogP contribution in [0.1, 0.15) is 6.42 Å². The topological polar surface area (TPSA) is 55.4 Å². The summed E-state index contributed by atoms with van der Waals surface area (Å²) in [5.74, 6) is 0. The van der Waals surface area contributed by atoms with Crippen molar-refractivity contribution >= 4 is 26.0 Å². The van der Waals surface area contributed by atoms with Gasteiger partial charge in [0.2, 0.25) is 10.0 Å². The molecule has 0 amide bonds. The number of benzene rings is 1. The normalized spacial score (nSPS) is 21.2. The van der Waals surface area contributed by atoms with E-state index in [2.05, 4.69) is 20.7 Å². The number of halogens is 1. The van der Waals surface area contributed by atoms with Gasteiger partial charge in [0.1, 0.15) is 0 Å². The third kappa shape index (κ3) is 2.63. The van der Waals surface area contributed by atoms with Crippen molar-refractivity contribution in [2.45, 2.75) is 17.4 Å². The van der Waals surface area contributed by atoms with E-state index < -0.39 is 10.0 Å². The highest BCUT2D eigenvalue weighted by molar-refractivity contribution is 9.10. The molecule has 16 heavy (non-hydrogen) atoms. The van der Waals surface area contributed by atoms with E-state index in [4.69, 9.17) is 4.74 Å². The van der Waals surface area contributed by atoms with E-state index in [0.29, 0.717) is 17.7 Å². The summed E-state index contributed by atoms with van der Waals surface area (Å²) in [5, 5.41) is 0. The zero-order chi connectivity index (χ0) is 11.6. The second-order valence-electron chi connectivity index (χ2n) is 3.61. The van der Waals surface area contributed by atoms with Crippen LogP contribution in [-0.2, 0) is 14.8 Å². The van der Waals surface area contributed by atoms with E-state index in [1.165, 1.54) is 0 Å². The molecule has 1 aliphatic heterocycles. The molecule has 1 heterocycles. The van der Waals surface area contributed by atoms with Crippen LogP contribution < -0.4 is 4.72 Å². The molecule has 1 aliphatic rings. The molecule has 1 atom stereocenters. The van der Waals surface area contributed by atoms with Gasteiger partial charge in [-0.1, -0.05) is 12.1 Å². The number of nitrogens with one attached hydrogen (secondary N) is 1. The number of rotatable bonds is 3. The van der Waals surface area contributed by atoms with E-state index in [1.807, 2.05) is 0 Å². The maximum absolute atomic E-state index is 12.0. The third-order valence-electron chi connectivity index (χ3n) is 2.38. The van der Waals surface area contributed by atoms with Gasteiger partial charge < -0.3 is 4.74 Å². The summed E-state index contributed by atoms with van der Waals surface area (Å²) >= 11 is 3.23. The summed E-state index contributed by atoms with van der Waals surface area (Å²) in [6, 6.07) is 6.64. The van der Waals surface area contributed by atoms with Gasteiger partial charge in [-0.05, 0) is 34.5 Å². The molecule has 88 valence electrons.